The van der Waals surface area contributed by atoms with E-state index in [1.54, 1.807) is 6.92 Å². The third-order valence-corrected chi connectivity index (χ3v) is 1.30. The molecular formula is C7H16O2. The first-order valence-corrected chi connectivity index (χ1v) is 3.42. The highest BCUT2D eigenvalue weighted by Crippen LogP contribution is 2.16. The highest BCUT2D eigenvalue weighted by molar-refractivity contribution is 4.63. The van der Waals surface area contributed by atoms with Gasteiger partial charge in [-0.15, -0.1) is 0 Å². The van der Waals surface area contributed by atoms with E-state index >= 15 is 0 Å². The maximum atomic E-state index is 9.05. The van der Waals surface area contributed by atoms with Crippen molar-refractivity contribution in [3.63, 3.8) is 0 Å². The molecule has 9 heavy (non-hydrogen) atoms. The Hall–Kier alpha value is -0.0800. The highest BCUT2D eigenvalue weighted by Gasteiger charge is 2.20. The van der Waals surface area contributed by atoms with Gasteiger partial charge in [-0.2, -0.15) is 0 Å². The van der Waals surface area contributed by atoms with E-state index in [9.17, 15) is 0 Å². The van der Waals surface area contributed by atoms with Crippen LogP contribution in [0.3, 0.4) is 0 Å². The molecule has 2 N–H and O–H groups in total. The van der Waals surface area contributed by atoms with Gasteiger partial charge in [0.15, 0.2) is 5.79 Å². The van der Waals surface area contributed by atoms with Crippen LogP contribution in [0.1, 0.15) is 33.6 Å². The zero-order valence-electron chi connectivity index (χ0n) is 6.39. The number of hydrogen-bond donors (Lipinski definition) is 2. The largest absolute Gasteiger partial charge is 0.366 e. The van der Waals surface area contributed by atoms with Gasteiger partial charge in [0.2, 0.25) is 0 Å². The summed E-state index contributed by atoms with van der Waals surface area (Å²) < 4.78 is 0. The predicted octanol–water partition coefficient (Wildman–Crippen LogP) is 1.12. The van der Waals surface area contributed by atoms with Crippen molar-refractivity contribution in [1.29, 1.82) is 0 Å². The molecule has 0 aromatic carbocycles. The quantitative estimate of drug-likeness (QED) is 0.565. The van der Waals surface area contributed by atoms with Gasteiger partial charge in [-0.3, -0.25) is 0 Å². The third-order valence-electron chi connectivity index (χ3n) is 1.30. The van der Waals surface area contributed by atoms with Gasteiger partial charge in [0, 0.05) is 6.42 Å². The molecule has 0 aromatic rings. The molecule has 0 bridgehead atoms. The summed E-state index contributed by atoms with van der Waals surface area (Å²) in [6, 6.07) is 0. The van der Waals surface area contributed by atoms with Crippen LogP contribution in [0.25, 0.3) is 0 Å². The van der Waals surface area contributed by atoms with Crippen molar-refractivity contribution in [2.75, 3.05) is 0 Å². The minimum absolute atomic E-state index is 0.347. The Morgan fingerprint density at radius 2 is 1.78 bits per heavy atom. The zero-order valence-corrected chi connectivity index (χ0v) is 6.39. The van der Waals surface area contributed by atoms with Gasteiger partial charge in [0.25, 0.3) is 0 Å². The van der Waals surface area contributed by atoms with Crippen LogP contribution in [-0.2, 0) is 0 Å². The van der Waals surface area contributed by atoms with Crippen molar-refractivity contribution in [2.24, 2.45) is 5.92 Å². The summed E-state index contributed by atoms with van der Waals surface area (Å²) in [5.74, 6) is -1.09. The summed E-state index contributed by atoms with van der Waals surface area (Å²) in [5.41, 5.74) is 0. The average molecular weight is 132 g/mol. The molecule has 0 radical (unpaired) electrons. The standard InChI is InChI=1S/C7H16O2/c1-4-7(8,9)5-6(2)3/h6,8-9H,4-5H2,1-3H3. The second-order valence-electron chi connectivity index (χ2n) is 2.93. The molecule has 0 aromatic heterocycles. The van der Waals surface area contributed by atoms with Gasteiger partial charge >= 0.3 is 0 Å². The molecule has 2 nitrogen and oxygen atoms in total. The zero-order chi connectivity index (χ0) is 7.49. The fourth-order valence-electron chi connectivity index (χ4n) is 0.798. The average Bonchev–Trinajstić information content (AvgIpc) is 1.63. The van der Waals surface area contributed by atoms with E-state index in [4.69, 9.17) is 10.2 Å². The molecule has 0 saturated carbocycles. The fraction of sp³-hybridized carbons (Fsp3) is 1.00. The topological polar surface area (TPSA) is 40.5 Å². The van der Waals surface area contributed by atoms with Gasteiger partial charge in [0.05, 0.1) is 0 Å². The van der Waals surface area contributed by atoms with E-state index in [0.29, 0.717) is 18.8 Å². The minimum atomic E-state index is -1.44. The predicted molar refractivity (Wildman–Crippen MR) is 36.9 cm³/mol. The first kappa shape index (κ1) is 8.92. The van der Waals surface area contributed by atoms with Gasteiger partial charge in [-0.1, -0.05) is 20.8 Å². The van der Waals surface area contributed by atoms with Gasteiger partial charge < -0.3 is 10.2 Å². The van der Waals surface area contributed by atoms with Crippen molar-refractivity contribution in [1.82, 2.24) is 0 Å². The summed E-state index contributed by atoms with van der Waals surface area (Å²) in [5, 5.41) is 18.1. The van der Waals surface area contributed by atoms with Gasteiger partial charge in [-0.25, -0.2) is 0 Å². The molecule has 0 unspecified atom stereocenters. The van der Waals surface area contributed by atoms with Crippen molar-refractivity contribution in [3.05, 3.63) is 0 Å². The summed E-state index contributed by atoms with van der Waals surface area (Å²) in [6.07, 6.45) is 0.870. The molecule has 0 amide bonds. The Kier molecular flexibility index (Phi) is 3.15. The summed E-state index contributed by atoms with van der Waals surface area (Å²) >= 11 is 0. The number of hydrogen-bond acceptors (Lipinski definition) is 2. The van der Waals surface area contributed by atoms with E-state index in [1.165, 1.54) is 0 Å². The molecule has 0 spiro atoms. The molecule has 0 rings (SSSR count). The molecule has 0 fully saturated rings. The Balaban J connectivity index is 3.58. The maximum absolute atomic E-state index is 9.05. The highest BCUT2D eigenvalue weighted by atomic mass is 16.5. The lowest BCUT2D eigenvalue weighted by Gasteiger charge is -2.21. The van der Waals surface area contributed by atoms with Crippen molar-refractivity contribution in [2.45, 2.75) is 39.4 Å². The fourth-order valence-corrected chi connectivity index (χ4v) is 0.798. The molecule has 2 heteroatoms. The Morgan fingerprint density at radius 1 is 1.33 bits per heavy atom. The van der Waals surface area contributed by atoms with Crippen LogP contribution >= 0.6 is 0 Å². The van der Waals surface area contributed by atoms with Gasteiger partial charge in [0.1, 0.15) is 0 Å². The molecular weight excluding hydrogens is 116 g/mol. The van der Waals surface area contributed by atoms with Crippen molar-refractivity contribution < 1.29 is 10.2 Å². The molecule has 0 aliphatic carbocycles. The van der Waals surface area contributed by atoms with Crippen LogP contribution in [-0.4, -0.2) is 16.0 Å². The summed E-state index contributed by atoms with van der Waals surface area (Å²) in [4.78, 5) is 0. The van der Waals surface area contributed by atoms with Crippen molar-refractivity contribution in [3.8, 4) is 0 Å². The first-order valence-electron chi connectivity index (χ1n) is 3.42. The number of aliphatic hydroxyl groups is 2. The lowest BCUT2D eigenvalue weighted by atomic mass is 10.0. The van der Waals surface area contributed by atoms with E-state index in [1.807, 2.05) is 13.8 Å². The molecule has 0 heterocycles. The number of rotatable bonds is 3. The monoisotopic (exact) mass is 132 g/mol. The van der Waals surface area contributed by atoms with Crippen LogP contribution in [0.15, 0.2) is 0 Å². The second kappa shape index (κ2) is 3.18. The van der Waals surface area contributed by atoms with Crippen LogP contribution in [0.5, 0.6) is 0 Å². The van der Waals surface area contributed by atoms with E-state index < -0.39 is 5.79 Å². The lowest BCUT2D eigenvalue weighted by Crippen LogP contribution is -2.28. The third kappa shape index (κ3) is 4.43. The van der Waals surface area contributed by atoms with Crippen LogP contribution in [0.4, 0.5) is 0 Å². The van der Waals surface area contributed by atoms with Crippen LogP contribution in [0, 0.1) is 5.92 Å². The molecule has 0 aliphatic rings. The molecule has 56 valence electrons. The van der Waals surface area contributed by atoms with Crippen LogP contribution < -0.4 is 0 Å². The SMILES string of the molecule is CCC(O)(O)CC(C)C. The van der Waals surface area contributed by atoms with E-state index in [0.717, 1.165) is 0 Å². The Bertz CT molecular complexity index is 77.0. The second-order valence-corrected chi connectivity index (χ2v) is 2.93. The minimum Gasteiger partial charge on any atom is -0.366 e. The Labute approximate surface area is 56.5 Å². The smallest absolute Gasteiger partial charge is 0.162 e. The van der Waals surface area contributed by atoms with Crippen LogP contribution in [0.2, 0.25) is 0 Å². The summed E-state index contributed by atoms with van der Waals surface area (Å²) in [6.45, 7) is 5.70. The van der Waals surface area contributed by atoms with E-state index in [2.05, 4.69) is 0 Å². The maximum Gasteiger partial charge on any atom is 0.162 e. The molecule has 0 aliphatic heterocycles. The first-order chi connectivity index (χ1) is 3.98. The molecule has 0 saturated heterocycles. The summed E-state index contributed by atoms with van der Waals surface area (Å²) in [7, 11) is 0. The van der Waals surface area contributed by atoms with Crippen molar-refractivity contribution >= 4 is 0 Å². The normalized spacial score (nSPS) is 12.7. The Morgan fingerprint density at radius 3 is 1.89 bits per heavy atom. The molecule has 0 atom stereocenters. The van der Waals surface area contributed by atoms with E-state index in [-0.39, 0.29) is 0 Å². The lowest BCUT2D eigenvalue weighted by molar-refractivity contribution is -0.173. The van der Waals surface area contributed by atoms with Gasteiger partial charge in [-0.05, 0) is 12.3 Å².